The molecule has 38 heavy (non-hydrogen) atoms. The fourth-order valence-corrected chi connectivity index (χ4v) is 5.34. The quantitative estimate of drug-likeness (QED) is 0.428. The lowest BCUT2D eigenvalue weighted by Crippen LogP contribution is -2.62. The van der Waals surface area contributed by atoms with Gasteiger partial charge in [0, 0.05) is 55.4 Å². The molecule has 1 unspecified atom stereocenters. The Labute approximate surface area is 221 Å². The molecule has 0 aromatic heterocycles. The van der Waals surface area contributed by atoms with E-state index in [1.54, 1.807) is 29.2 Å². The number of para-hydroxylation sites is 3. The topological polar surface area (TPSA) is 117 Å². The highest BCUT2D eigenvalue weighted by Crippen LogP contribution is 2.45. The van der Waals surface area contributed by atoms with Crippen LogP contribution in [0, 0.1) is 11.3 Å². The Balaban J connectivity index is 1.24. The molecule has 4 amide bonds. The van der Waals surface area contributed by atoms with Gasteiger partial charge in [0.25, 0.3) is 11.8 Å². The molecule has 9 nitrogen and oxygen atoms in total. The summed E-state index contributed by atoms with van der Waals surface area (Å²) in [7, 11) is 0. The van der Waals surface area contributed by atoms with Crippen LogP contribution in [-0.4, -0.2) is 62.1 Å². The van der Waals surface area contributed by atoms with Crippen molar-refractivity contribution < 1.29 is 19.1 Å². The average Bonchev–Trinajstić information content (AvgIpc) is 3.31. The van der Waals surface area contributed by atoms with Crippen LogP contribution in [0.1, 0.15) is 10.4 Å². The van der Waals surface area contributed by atoms with Gasteiger partial charge in [-0.15, -0.1) is 0 Å². The Morgan fingerprint density at radius 1 is 0.895 bits per heavy atom. The summed E-state index contributed by atoms with van der Waals surface area (Å²) < 4.78 is 5.70. The summed E-state index contributed by atoms with van der Waals surface area (Å²) in [5, 5.41) is 5.85. The van der Waals surface area contributed by atoms with Crippen molar-refractivity contribution in [2.45, 2.75) is 0 Å². The summed E-state index contributed by atoms with van der Waals surface area (Å²) in [5.41, 5.74) is 7.39. The first kappa shape index (κ1) is 25.1. The van der Waals surface area contributed by atoms with Gasteiger partial charge in [0.1, 0.15) is 5.75 Å². The molecule has 196 valence electrons. The van der Waals surface area contributed by atoms with E-state index in [2.05, 4.69) is 27.7 Å². The van der Waals surface area contributed by atoms with E-state index >= 15 is 0 Å². The number of ether oxygens (including phenoxy) is 1. The van der Waals surface area contributed by atoms with E-state index in [1.807, 2.05) is 48.5 Å². The lowest BCUT2D eigenvalue weighted by atomic mass is 9.71. The van der Waals surface area contributed by atoms with Gasteiger partial charge in [-0.3, -0.25) is 9.59 Å². The molecule has 5 rings (SSSR count). The summed E-state index contributed by atoms with van der Waals surface area (Å²) >= 11 is 0. The molecule has 0 bridgehead atoms. The number of hydrogen-bond donors (Lipinski definition) is 3. The molecule has 1 spiro atoms. The van der Waals surface area contributed by atoms with Gasteiger partial charge in [-0.25, -0.2) is 4.79 Å². The van der Waals surface area contributed by atoms with Crippen LogP contribution < -0.4 is 26.0 Å². The van der Waals surface area contributed by atoms with Gasteiger partial charge in [-0.1, -0.05) is 48.5 Å². The minimum Gasteiger partial charge on any atom is -0.483 e. The van der Waals surface area contributed by atoms with E-state index in [0.29, 0.717) is 19.6 Å². The van der Waals surface area contributed by atoms with E-state index in [1.165, 1.54) is 0 Å². The first-order valence-electron chi connectivity index (χ1n) is 12.6. The molecular formula is C29H31N5O4. The number of carbonyl (C=O) groups excluding carboxylic acids is 3. The molecule has 0 aliphatic carbocycles. The van der Waals surface area contributed by atoms with Crippen LogP contribution in [0.25, 0.3) is 0 Å². The standard InChI is InChI=1S/C29H31N5O4/c30-27(36)24-13-7-8-14-25(24)38-17-26(35)33-16-21(15-31-28(37)32-22-9-3-1-4-10-22)29(18-33)19-34(20-29)23-11-5-2-6-12-23/h1-14,21H,15-20H2,(H2,30,36)(H2,31,32,37). The molecule has 3 aromatic carbocycles. The molecule has 0 radical (unpaired) electrons. The molecular weight excluding hydrogens is 482 g/mol. The van der Waals surface area contributed by atoms with Crippen molar-refractivity contribution in [1.29, 1.82) is 0 Å². The third-order valence-electron chi connectivity index (χ3n) is 7.34. The second-order valence-corrected chi connectivity index (χ2v) is 9.88. The molecule has 2 saturated heterocycles. The third kappa shape index (κ3) is 5.41. The Morgan fingerprint density at radius 3 is 2.26 bits per heavy atom. The predicted molar refractivity (Wildman–Crippen MR) is 145 cm³/mol. The van der Waals surface area contributed by atoms with Crippen LogP contribution >= 0.6 is 0 Å². The van der Waals surface area contributed by atoms with E-state index in [4.69, 9.17) is 10.5 Å². The number of anilines is 2. The van der Waals surface area contributed by atoms with Crippen molar-refractivity contribution in [3.63, 3.8) is 0 Å². The van der Waals surface area contributed by atoms with Crippen molar-refractivity contribution in [2.24, 2.45) is 17.1 Å². The maximum atomic E-state index is 13.2. The number of nitrogens with two attached hydrogens (primary N) is 1. The smallest absolute Gasteiger partial charge is 0.319 e. The number of primary amides is 1. The largest absolute Gasteiger partial charge is 0.483 e. The van der Waals surface area contributed by atoms with Crippen LogP contribution in [0.15, 0.2) is 84.9 Å². The predicted octanol–water partition coefficient (Wildman–Crippen LogP) is 2.95. The molecule has 0 saturated carbocycles. The summed E-state index contributed by atoms with van der Waals surface area (Å²) in [6, 6.07) is 25.8. The van der Waals surface area contributed by atoms with E-state index < -0.39 is 5.91 Å². The molecule has 1 atom stereocenters. The number of rotatable bonds is 8. The number of carbonyl (C=O) groups is 3. The van der Waals surface area contributed by atoms with Gasteiger partial charge in [-0.2, -0.15) is 0 Å². The van der Waals surface area contributed by atoms with Gasteiger partial charge >= 0.3 is 6.03 Å². The van der Waals surface area contributed by atoms with Crippen LogP contribution in [0.4, 0.5) is 16.2 Å². The van der Waals surface area contributed by atoms with Gasteiger partial charge in [0.2, 0.25) is 0 Å². The lowest BCUT2D eigenvalue weighted by molar-refractivity contribution is -0.132. The molecule has 2 heterocycles. The van der Waals surface area contributed by atoms with E-state index in [0.717, 1.165) is 24.5 Å². The monoisotopic (exact) mass is 513 g/mol. The van der Waals surface area contributed by atoms with Gasteiger partial charge in [0.05, 0.1) is 5.56 Å². The summed E-state index contributed by atoms with van der Waals surface area (Å²) in [5.74, 6) is -0.413. The maximum Gasteiger partial charge on any atom is 0.319 e. The van der Waals surface area contributed by atoms with Crippen molar-refractivity contribution >= 4 is 29.2 Å². The molecule has 4 N–H and O–H groups in total. The van der Waals surface area contributed by atoms with Crippen LogP contribution in [-0.2, 0) is 4.79 Å². The lowest BCUT2D eigenvalue weighted by Gasteiger charge is -2.52. The molecule has 3 aromatic rings. The first-order valence-corrected chi connectivity index (χ1v) is 12.6. The highest BCUT2D eigenvalue weighted by molar-refractivity contribution is 5.95. The third-order valence-corrected chi connectivity index (χ3v) is 7.34. The van der Waals surface area contributed by atoms with Crippen LogP contribution in [0.2, 0.25) is 0 Å². The first-order chi connectivity index (χ1) is 18.4. The van der Waals surface area contributed by atoms with E-state index in [9.17, 15) is 14.4 Å². The zero-order chi connectivity index (χ0) is 26.5. The number of nitrogens with zero attached hydrogens (tertiary/aromatic N) is 2. The van der Waals surface area contributed by atoms with Crippen LogP contribution in [0.3, 0.4) is 0 Å². The molecule has 9 heteroatoms. The number of nitrogens with one attached hydrogen (secondary N) is 2. The molecule has 2 aliphatic rings. The second-order valence-electron chi connectivity index (χ2n) is 9.88. The number of hydrogen-bond acceptors (Lipinski definition) is 5. The SMILES string of the molecule is NC(=O)c1ccccc1OCC(=O)N1CC(CNC(=O)Nc2ccccc2)C2(C1)CN(c1ccccc1)C2. The van der Waals surface area contributed by atoms with E-state index in [-0.39, 0.29) is 41.2 Å². The van der Waals surface area contributed by atoms with Crippen LogP contribution in [0.5, 0.6) is 5.75 Å². The summed E-state index contributed by atoms with van der Waals surface area (Å²) in [4.78, 5) is 41.5. The minimum atomic E-state index is -0.608. The van der Waals surface area contributed by atoms with Crippen molar-refractivity contribution in [3.05, 3.63) is 90.5 Å². The summed E-state index contributed by atoms with van der Waals surface area (Å²) in [6.45, 7) is 2.90. The Morgan fingerprint density at radius 2 is 1.55 bits per heavy atom. The maximum absolute atomic E-state index is 13.2. The van der Waals surface area contributed by atoms with Crippen molar-refractivity contribution in [2.75, 3.05) is 49.5 Å². The zero-order valence-corrected chi connectivity index (χ0v) is 21.0. The highest BCUT2D eigenvalue weighted by Gasteiger charge is 2.55. The average molecular weight is 514 g/mol. The minimum absolute atomic E-state index is 0.0749. The highest BCUT2D eigenvalue weighted by atomic mass is 16.5. The number of benzene rings is 3. The zero-order valence-electron chi connectivity index (χ0n) is 21.0. The fourth-order valence-electron chi connectivity index (χ4n) is 5.34. The Kier molecular flexibility index (Phi) is 7.17. The second kappa shape index (κ2) is 10.8. The summed E-state index contributed by atoms with van der Waals surface area (Å²) in [6.07, 6.45) is 0. The molecule has 2 fully saturated rings. The van der Waals surface area contributed by atoms with Crippen molar-refractivity contribution in [1.82, 2.24) is 10.2 Å². The normalized spacial score (nSPS) is 17.5. The van der Waals surface area contributed by atoms with Gasteiger partial charge < -0.3 is 30.9 Å². The Bertz CT molecular complexity index is 1290. The molecule has 2 aliphatic heterocycles. The fraction of sp³-hybridized carbons (Fsp3) is 0.276. The number of urea groups is 1. The van der Waals surface area contributed by atoms with Gasteiger partial charge in [0.15, 0.2) is 6.61 Å². The van der Waals surface area contributed by atoms with Gasteiger partial charge in [-0.05, 0) is 36.4 Å². The number of amides is 4. The Hall–Kier alpha value is -4.53. The number of likely N-dealkylation sites (tertiary alicyclic amines) is 1. The van der Waals surface area contributed by atoms with Crippen molar-refractivity contribution in [3.8, 4) is 5.75 Å².